The minimum atomic E-state index is 0.696. The van der Waals surface area contributed by atoms with Crippen LogP contribution in [0.15, 0.2) is 249 Å². The lowest BCUT2D eigenvalue weighted by Gasteiger charge is -2.16. The van der Waals surface area contributed by atoms with Gasteiger partial charge in [-0.15, -0.1) is 0 Å². The predicted molar refractivity (Wildman–Crippen MR) is 272 cm³/mol. The molecular formula is C62H41N3. The van der Waals surface area contributed by atoms with E-state index in [1.54, 1.807) is 0 Å². The van der Waals surface area contributed by atoms with Gasteiger partial charge in [0.1, 0.15) is 0 Å². The lowest BCUT2D eigenvalue weighted by molar-refractivity contribution is 1.18. The number of benzene rings is 10. The van der Waals surface area contributed by atoms with E-state index in [-0.39, 0.29) is 0 Å². The molecular weight excluding hydrogens is 787 g/mol. The largest absolute Gasteiger partial charge is 0.309 e. The third kappa shape index (κ3) is 7.06. The van der Waals surface area contributed by atoms with Crippen molar-refractivity contribution >= 4 is 32.6 Å². The Labute approximate surface area is 378 Å². The Kier molecular flexibility index (Phi) is 9.50. The van der Waals surface area contributed by atoms with E-state index in [0.717, 1.165) is 66.8 Å². The zero-order valence-corrected chi connectivity index (χ0v) is 35.5. The van der Waals surface area contributed by atoms with E-state index >= 15 is 0 Å². The molecule has 0 saturated heterocycles. The van der Waals surface area contributed by atoms with Crippen LogP contribution in [-0.2, 0) is 0 Å². The SMILES string of the molecule is c1ccc(-c2ccc(-c3cc(-c4ccc(-c5cc(-c6ccccc6)cc(-c6ccc7c8ccccc8n(-c8ccccc8)c7c6)c5)c5ccccc45)nc(-c4ccccc4)n3)cc2)cc1. The molecule has 0 saturated carbocycles. The average Bonchev–Trinajstić information content (AvgIpc) is 3.73. The standard InChI is InChI=1S/C62H41N3/c1-5-17-42(18-6-1)44-29-31-45(32-30-44)58-41-59(64-62(63-58)46-21-9-3-10-22-46)55-36-35-52(53-25-13-14-26-54(53)55)50-38-48(43-19-7-2-8-20-43)37-49(39-50)47-33-34-57-56-27-15-16-28-60(56)65(61(57)40-47)51-23-11-4-12-24-51/h1-41H. The molecule has 0 fully saturated rings. The first-order chi connectivity index (χ1) is 32.2. The molecule has 0 N–H and O–H groups in total. The van der Waals surface area contributed by atoms with E-state index < -0.39 is 0 Å². The number of hydrogen-bond acceptors (Lipinski definition) is 2. The molecule has 65 heavy (non-hydrogen) atoms. The Bertz CT molecular complexity index is 3670. The van der Waals surface area contributed by atoms with Crippen molar-refractivity contribution in [3.05, 3.63) is 249 Å². The first-order valence-corrected chi connectivity index (χ1v) is 22.1. The second-order valence-electron chi connectivity index (χ2n) is 16.6. The molecule has 3 heteroatoms. The van der Waals surface area contributed by atoms with E-state index in [0.29, 0.717) is 5.82 Å². The highest BCUT2D eigenvalue weighted by atomic mass is 15.0. The highest BCUT2D eigenvalue weighted by molar-refractivity contribution is 6.11. The fourth-order valence-electron chi connectivity index (χ4n) is 9.44. The van der Waals surface area contributed by atoms with Crippen LogP contribution in [0, 0.1) is 0 Å². The number of para-hydroxylation sites is 2. The zero-order valence-electron chi connectivity index (χ0n) is 35.5. The third-order valence-electron chi connectivity index (χ3n) is 12.6. The topological polar surface area (TPSA) is 30.7 Å². The maximum Gasteiger partial charge on any atom is 0.160 e. The zero-order chi connectivity index (χ0) is 43.1. The third-order valence-corrected chi connectivity index (χ3v) is 12.6. The molecule has 0 atom stereocenters. The van der Waals surface area contributed by atoms with Crippen molar-refractivity contribution in [2.45, 2.75) is 0 Å². The number of fused-ring (bicyclic) bond motifs is 4. The van der Waals surface area contributed by atoms with E-state index in [4.69, 9.17) is 9.97 Å². The Hall–Kier alpha value is -8.66. The summed E-state index contributed by atoms with van der Waals surface area (Å²) in [6.45, 7) is 0. The normalized spacial score (nSPS) is 11.4. The molecule has 0 amide bonds. The Morgan fingerprint density at radius 2 is 0.708 bits per heavy atom. The van der Waals surface area contributed by atoms with Crippen molar-refractivity contribution < 1.29 is 0 Å². The van der Waals surface area contributed by atoms with Gasteiger partial charge in [0.25, 0.3) is 0 Å². The van der Waals surface area contributed by atoms with Crippen LogP contribution in [-0.4, -0.2) is 14.5 Å². The van der Waals surface area contributed by atoms with Crippen LogP contribution in [0.2, 0.25) is 0 Å². The molecule has 3 nitrogen and oxygen atoms in total. The quantitative estimate of drug-likeness (QED) is 0.153. The van der Waals surface area contributed by atoms with Crippen molar-refractivity contribution in [2.24, 2.45) is 0 Å². The van der Waals surface area contributed by atoms with Gasteiger partial charge in [-0.2, -0.15) is 0 Å². The summed E-state index contributed by atoms with van der Waals surface area (Å²) in [5, 5.41) is 4.78. The number of hydrogen-bond donors (Lipinski definition) is 0. The van der Waals surface area contributed by atoms with Gasteiger partial charge in [0.15, 0.2) is 5.82 Å². The van der Waals surface area contributed by atoms with Crippen LogP contribution in [0.1, 0.15) is 0 Å². The number of rotatable bonds is 8. The van der Waals surface area contributed by atoms with Crippen molar-refractivity contribution in [3.63, 3.8) is 0 Å². The molecule has 0 unspecified atom stereocenters. The molecule has 10 aromatic carbocycles. The molecule has 12 rings (SSSR count). The second-order valence-corrected chi connectivity index (χ2v) is 16.6. The summed E-state index contributed by atoms with van der Waals surface area (Å²) in [7, 11) is 0. The fraction of sp³-hybridized carbons (Fsp3) is 0. The van der Waals surface area contributed by atoms with Crippen molar-refractivity contribution in [3.8, 4) is 84.1 Å². The summed E-state index contributed by atoms with van der Waals surface area (Å²) < 4.78 is 2.39. The van der Waals surface area contributed by atoms with Gasteiger partial charge >= 0.3 is 0 Å². The molecule has 2 heterocycles. The van der Waals surface area contributed by atoms with Gasteiger partial charge in [-0.05, 0) is 104 Å². The Morgan fingerprint density at radius 1 is 0.246 bits per heavy atom. The van der Waals surface area contributed by atoms with Gasteiger partial charge in [0.05, 0.1) is 22.4 Å². The van der Waals surface area contributed by atoms with Gasteiger partial charge in [-0.1, -0.05) is 200 Å². The Balaban J connectivity index is 1.02. The molecule has 0 spiro atoms. The molecule has 2 aromatic heterocycles. The number of aromatic nitrogens is 3. The minimum absolute atomic E-state index is 0.696. The summed E-state index contributed by atoms with van der Waals surface area (Å²) in [6, 6.07) is 89.0. The van der Waals surface area contributed by atoms with Crippen molar-refractivity contribution in [2.75, 3.05) is 0 Å². The molecule has 0 radical (unpaired) electrons. The van der Waals surface area contributed by atoms with Crippen LogP contribution in [0.3, 0.4) is 0 Å². The number of nitrogens with zero attached hydrogens (tertiary/aromatic N) is 3. The summed E-state index contributed by atoms with van der Waals surface area (Å²) in [6.07, 6.45) is 0. The summed E-state index contributed by atoms with van der Waals surface area (Å²) in [5.41, 5.74) is 17.7. The van der Waals surface area contributed by atoms with Crippen molar-refractivity contribution in [1.29, 1.82) is 0 Å². The first kappa shape index (κ1) is 38.0. The maximum absolute atomic E-state index is 5.28. The summed E-state index contributed by atoms with van der Waals surface area (Å²) >= 11 is 0. The molecule has 0 bridgehead atoms. The Morgan fingerprint density at radius 3 is 1.40 bits per heavy atom. The summed E-state index contributed by atoms with van der Waals surface area (Å²) in [4.78, 5) is 10.4. The first-order valence-electron chi connectivity index (χ1n) is 22.1. The van der Waals surface area contributed by atoms with Crippen LogP contribution in [0.25, 0.3) is 117 Å². The van der Waals surface area contributed by atoms with Crippen LogP contribution in [0.5, 0.6) is 0 Å². The molecule has 304 valence electrons. The second kappa shape index (κ2) is 16.2. The van der Waals surface area contributed by atoms with Crippen LogP contribution >= 0.6 is 0 Å². The minimum Gasteiger partial charge on any atom is -0.309 e. The van der Waals surface area contributed by atoms with Gasteiger partial charge in [-0.25, -0.2) is 9.97 Å². The van der Waals surface area contributed by atoms with Crippen LogP contribution < -0.4 is 0 Å². The molecule has 0 aliphatic carbocycles. The average molecular weight is 828 g/mol. The molecule has 0 aliphatic heterocycles. The fourth-order valence-corrected chi connectivity index (χ4v) is 9.44. The molecule has 0 aliphatic rings. The summed E-state index contributed by atoms with van der Waals surface area (Å²) in [5.74, 6) is 0.696. The highest BCUT2D eigenvalue weighted by Crippen LogP contribution is 2.41. The highest BCUT2D eigenvalue weighted by Gasteiger charge is 2.18. The smallest absolute Gasteiger partial charge is 0.160 e. The van der Waals surface area contributed by atoms with Gasteiger partial charge in [-0.3, -0.25) is 0 Å². The van der Waals surface area contributed by atoms with E-state index in [2.05, 4.69) is 235 Å². The van der Waals surface area contributed by atoms with E-state index in [1.807, 2.05) is 18.2 Å². The van der Waals surface area contributed by atoms with E-state index in [1.165, 1.54) is 44.1 Å². The van der Waals surface area contributed by atoms with E-state index in [9.17, 15) is 0 Å². The van der Waals surface area contributed by atoms with Crippen molar-refractivity contribution in [1.82, 2.24) is 14.5 Å². The predicted octanol–water partition coefficient (Wildman–Crippen LogP) is 16.4. The van der Waals surface area contributed by atoms with Gasteiger partial charge in [0, 0.05) is 33.2 Å². The van der Waals surface area contributed by atoms with Crippen LogP contribution in [0.4, 0.5) is 0 Å². The van der Waals surface area contributed by atoms with Gasteiger partial charge in [0.2, 0.25) is 0 Å². The van der Waals surface area contributed by atoms with Gasteiger partial charge < -0.3 is 4.57 Å². The monoisotopic (exact) mass is 827 g/mol. The lowest BCUT2D eigenvalue weighted by Crippen LogP contribution is -1.97. The maximum atomic E-state index is 5.28. The molecule has 12 aromatic rings. The lowest BCUT2D eigenvalue weighted by atomic mass is 9.89.